The molecule has 0 bridgehead atoms. The maximum atomic E-state index is 13.0. The summed E-state index contributed by atoms with van der Waals surface area (Å²) in [7, 11) is 4.05. The number of aromatic nitrogens is 5. The second kappa shape index (κ2) is 9.41. The zero-order valence-electron chi connectivity index (χ0n) is 18.8. The Bertz CT molecular complexity index is 1300. The van der Waals surface area contributed by atoms with Gasteiger partial charge in [0.1, 0.15) is 0 Å². The molecule has 168 valence electrons. The standard InChI is InChI=1S/C25H26N6OS/c1-30-7-4-22(5-8-30)33-25-11-17(3-6-26-25)24(32)12-21-9-18-10-23(20-15-29-31(2)16-20)28-14-19(18)13-27-21/h3,6,9-11,13-16,22H,4-5,7-8,12H2,1-2H3. The van der Waals surface area contributed by atoms with E-state index in [1.807, 2.05) is 37.6 Å². The summed E-state index contributed by atoms with van der Waals surface area (Å²) >= 11 is 1.79. The van der Waals surface area contributed by atoms with Crippen molar-refractivity contribution in [1.29, 1.82) is 0 Å². The third kappa shape index (κ3) is 5.12. The summed E-state index contributed by atoms with van der Waals surface area (Å²) in [4.78, 5) is 28.9. The van der Waals surface area contributed by atoms with Crippen molar-refractivity contribution in [3.8, 4) is 11.3 Å². The molecule has 5 rings (SSSR count). The van der Waals surface area contributed by atoms with Crippen LogP contribution in [0.4, 0.5) is 0 Å². The Morgan fingerprint density at radius 1 is 1.03 bits per heavy atom. The highest BCUT2D eigenvalue weighted by Crippen LogP contribution is 2.29. The average molecular weight is 459 g/mol. The van der Waals surface area contributed by atoms with Gasteiger partial charge in [-0.25, -0.2) is 4.98 Å². The summed E-state index contributed by atoms with van der Waals surface area (Å²) in [6, 6.07) is 7.72. The zero-order chi connectivity index (χ0) is 22.8. The van der Waals surface area contributed by atoms with E-state index in [9.17, 15) is 4.79 Å². The van der Waals surface area contributed by atoms with Gasteiger partial charge >= 0.3 is 0 Å². The molecule has 1 saturated heterocycles. The minimum atomic E-state index is 0.0519. The van der Waals surface area contributed by atoms with E-state index in [0.717, 1.165) is 58.7 Å². The van der Waals surface area contributed by atoms with Gasteiger partial charge in [-0.05, 0) is 62.6 Å². The molecule has 0 aromatic carbocycles. The molecule has 0 amide bonds. The summed E-state index contributed by atoms with van der Waals surface area (Å²) in [6.45, 7) is 2.23. The first-order chi connectivity index (χ1) is 16.0. The van der Waals surface area contributed by atoms with Crippen molar-refractivity contribution in [2.75, 3.05) is 20.1 Å². The number of hydrogen-bond donors (Lipinski definition) is 0. The number of Topliss-reactive ketones (excluding diaryl/α,β-unsaturated/α-hetero) is 1. The maximum Gasteiger partial charge on any atom is 0.168 e. The highest BCUT2D eigenvalue weighted by molar-refractivity contribution is 7.99. The molecule has 33 heavy (non-hydrogen) atoms. The zero-order valence-corrected chi connectivity index (χ0v) is 19.6. The van der Waals surface area contributed by atoms with Gasteiger partial charge in [0.2, 0.25) is 0 Å². The van der Waals surface area contributed by atoms with Gasteiger partial charge < -0.3 is 4.90 Å². The molecule has 4 aromatic heterocycles. The van der Waals surface area contributed by atoms with E-state index in [0.29, 0.717) is 10.8 Å². The van der Waals surface area contributed by atoms with Crippen LogP contribution in [0.1, 0.15) is 28.9 Å². The van der Waals surface area contributed by atoms with Gasteiger partial charge in [0, 0.05) is 59.3 Å². The third-order valence-electron chi connectivity index (χ3n) is 6.01. The molecule has 0 atom stereocenters. The monoisotopic (exact) mass is 458 g/mol. The number of pyridine rings is 3. The topological polar surface area (TPSA) is 76.8 Å². The number of carbonyl (C=O) groups excluding carboxylic acids is 1. The van der Waals surface area contributed by atoms with E-state index in [2.05, 4.69) is 32.0 Å². The van der Waals surface area contributed by atoms with E-state index < -0.39 is 0 Å². The molecule has 0 saturated carbocycles. The smallest absolute Gasteiger partial charge is 0.168 e. The fourth-order valence-electron chi connectivity index (χ4n) is 4.08. The third-order valence-corrected chi connectivity index (χ3v) is 7.28. The summed E-state index contributed by atoms with van der Waals surface area (Å²) in [5.74, 6) is 0.0519. The Hall–Kier alpha value is -3.10. The van der Waals surface area contributed by atoms with Crippen LogP contribution in [-0.4, -0.2) is 60.8 Å². The number of rotatable bonds is 6. The van der Waals surface area contributed by atoms with Crippen LogP contribution < -0.4 is 0 Å². The Labute approximate surface area is 197 Å². The van der Waals surface area contributed by atoms with Gasteiger partial charge in [-0.1, -0.05) is 0 Å². The predicted molar refractivity (Wildman–Crippen MR) is 130 cm³/mol. The van der Waals surface area contributed by atoms with E-state index >= 15 is 0 Å². The lowest BCUT2D eigenvalue weighted by atomic mass is 10.1. The first kappa shape index (κ1) is 21.7. The molecule has 4 aromatic rings. The van der Waals surface area contributed by atoms with Crippen molar-refractivity contribution in [3.63, 3.8) is 0 Å². The van der Waals surface area contributed by atoms with E-state index in [-0.39, 0.29) is 12.2 Å². The largest absolute Gasteiger partial charge is 0.306 e. The van der Waals surface area contributed by atoms with E-state index in [1.165, 1.54) is 0 Å². The van der Waals surface area contributed by atoms with Crippen molar-refractivity contribution in [2.45, 2.75) is 29.5 Å². The first-order valence-electron chi connectivity index (χ1n) is 11.1. The van der Waals surface area contributed by atoms with Crippen LogP contribution in [0.25, 0.3) is 22.0 Å². The van der Waals surface area contributed by atoms with Gasteiger partial charge in [-0.3, -0.25) is 19.4 Å². The fourth-order valence-corrected chi connectivity index (χ4v) is 5.18. The van der Waals surface area contributed by atoms with E-state index in [4.69, 9.17) is 0 Å². The number of likely N-dealkylation sites (tertiary alicyclic amines) is 1. The molecule has 1 fully saturated rings. The molecular weight excluding hydrogens is 432 g/mol. The molecule has 0 radical (unpaired) electrons. The molecule has 7 nitrogen and oxygen atoms in total. The first-order valence-corrected chi connectivity index (χ1v) is 12.0. The molecule has 0 spiro atoms. The predicted octanol–water partition coefficient (Wildman–Crippen LogP) is 4.04. The van der Waals surface area contributed by atoms with Crippen molar-refractivity contribution >= 4 is 28.3 Å². The van der Waals surface area contributed by atoms with Gasteiger partial charge in [0.15, 0.2) is 5.78 Å². The molecule has 0 aliphatic carbocycles. The molecule has 1 aliphatic heterocycles. The lowest BCUT2D eigenvalue weighted by Gasteiger charge is -2.28. The van der Waals surface area contributed by atoms with Gasteiger partial charge in [-0.15, -0.1) is 11.8 Å². The summed E-state index contributed by atoms with van der Waals surface area (Å²) < 4.78 is 1.76. The summed E-state index contributed by atoms with van der Waals surface area (Å²) in [5.41, 5.74) is 3.24. The number of piperidine rings is 1. The quantitative estimate of drug-likeness (QED) is 0.404. The molecule has 0 unspecified atom stereocenters. The minimum Gasteiger partial charge on any atom is -0.306 e. The SMILES string of the molecule is CN1CCC(Sc2cc(C(=O)Cc3cc4cc(-c5cnn(C)c5)ncc4cn3)ccn2)CC1. The number of fused-ring (bicyclic) bond motifs is 1. The second-order valence-electron chi connectivity index (χ2n) is 8.60. The van der Waals surface area contributed by atoms with Crippen LogP contribution in [-0.2, 0) is 13.5 Å². The minimum absolute atomic E-state index is 0.0519. The van der Waals surface area contributed by atoms with Crippen LogP contribution in [0.2, 0.25) is 0 Å². The highest BCUT2D eigenvalue weighted by Gasteiger charge is 2.19. The second-order valence-corrected chi connectivity index (χ2v) is 9.92. The maximum absolute atomic E-state index is 13.0. The van der Waals surface area contributed by atoms with Gasteiger partial charge in [0.25, 0.3) is 0 Å². The number of ketones is 1. The number of thioether (sulfide) groups is 1. The van der Waals surface area contributed by atoms with Crippen LogP contribution in [0, 0.1) is 0 Å². The van der Waals surface area contributed by atoms with Crippen molar-refractivity contribution in [1.82, 2.24) is 29.6 Å². The number of aryl methyl sites for hydroxylation is 1. The average Bonchev–Trinajstić information content (AvgIpc) is 3.26. The Kier molecular flexibility index (Phi) is 6.20. The van der Waals surface area contributed by atoms with E-state index in [1.54, 1.807) is 41.1 Å². The fraction of sp³-hybridized carbons (Fsp3) is 0.320. The number of carbonyl (C=O) groups is 1. The van der Waals surface area contributed by atoms with Crippen molar-refractivity contribution < 1.29 is 4.79 Å². The van der Waals surface area contributed by atoms with Crippen molar-refractivity contribution in [3.05, 3.63) is 66.5 Å². The number of nitrogens with zero attached hydrogens (tertiary/aromatic N) is 6. The Balaban J connectivity index is 1.31. The molecule has 1 aliphatic rings. The van der Waals surface area contributed by atoms with Crippen LogP contribution >= 0.6 is 11.8 Å². The normalized spacial score (nSPS) is 15.2. The molecule has 8 heteroatoms. The van der Waals surface area contributed by atoms with Crippen LogP contribution in [0.3, 0.4) is 0 Å². The highest BCUT2D eigenvalue weighted by atomic mass is 32.2. The molecule has 5 heterocycles. The van der Waals surface area contributed by atoms with Crippen LogP contribution in [0.15, 0.2) is 60.3 Å². The Morgan fingerprint density at radius 3 is 2.64 bits per heavy atom. The summed E-state index contributed by atoms with van der Waals surface area (Å²) in [6.07, 6.45) is 11.6. The lowest BCUT2D eigenvalue weighted by molar-refractivity contribution is 0.0991. The molecule has 0 N–H and O–H groups in total. The van der Waals surface area contributed by atoms with Crippen molar-refractivity contribution in [2.24, 2.45) is 7.05 Å². The molecular formula is C25H26N6OS. The lowest BCUT2D eigenvalue weighted by Crippen LogP contribution is -2.31. The number of hydrogen-bond acceptors (Lipinski definition) is 7. The van der Waals surface area contributed by atoms with Crippen LogP contribution in [0.5, 0.6) is 0 Å². The van der Waals surface area contributed by atoms with Gasteiger partial charge in [0.05, 0.1) is 23.3 Å². The summed E-state index contributed by atoms with van der Waals surface area (Å²) in [5, 5.41) is 7.66. The Morgan fingerprint density at radius 2 is 1.85 bits per heavy atom. The van der Waals surface area contributed by atoms with Gasteiger partial charge in [-0.2, -0.15) is 5.10 Å².